The lowest BCUT2D eigenvalue weighted by atomic mass is 10.2. The number of nitrogens with one attached hydrogen (secondary N) is 1. The zero-order valence-electron chi connectivity index (χ0n) is 15.5. The summed E-state index contributed by atoms with van der Waals surface area (Å²) in [7, 11) is 0. The van der Waals surface area contributed by atoms with Gasteiger partial charge in [-0.25, -0.2) is 4.98 Å². The first kappa shape index (κ1) is 18.0. The van der Waals surface area contributed by atoms with Crippen molar-refractivity contribution in [2.75, 3.05) is 6.61 Å². The Balaban J connectivity index is 1.82. The van der Waals surface area contributed by atoms with Gasteiger partial charge in [0, 0.05) is 6.42 Å². The highest BCUT2D eigenvalue weighted by molar-refractivity contribution is 5.77. The van der Waals surface area contributed by atoms with Crippen LogP contribution >= 0.6 is 0 Å². The SMILES string of the molecule is CCC(=O)NC(C)c1nc2ccccc2n1CCOc1ccccc1C. The first-order valence-corrected chi connectivity index (χ1v) is 9.03. The summed E-state index contributed by atoms with van der Waals surface area (Å²) in [5.41, 5.74) is 3.09. The molecule has 1 unspecified atom stereocenters. The number of imidazole rings is 1. The summed E-state index contributed by atoms with van der Waals surface area (Å²) in [6.45, 7) is 7.05. The molecular weight excluding hydrogens is 326 g/mol. The highest BCUT2D eigenvalue weighted by Gasteiger charge is 2.17. The van der Waals surface area contributed by atoms with Crippen molar-refractivity contribution in [1.82, 2.24) is 14.9 Å². The summed E-state index contributed by atoms with van der Waals surface area (Å²) >= 11 is 0. The van der Waals surface area contributed by atoms with Gasteiger partial charge in [-0.05, 0) is 37.6 Å². The molecule has 136 valence electrons. The van der Waals surface area contributed by atoms with Crippen LogP contribution in [0.25, 0.3) is 11.0 Å². The average Bonchev–Trinajstić information content (AvgIpc) is 3.02. The number of aryl methyl sites for hydroxylation is 1. The quantitative estimate of drug-likeness (QED) is 0.700. The van der Waals surface area contributed by atoms with Crippen LogP contribution in [0.3, 0.4) is 0 Å². The summed E-state index contributed by atoms with van der Waals surface area (Å²) in [6, 6.07) is 15.9. The summed E-state index contributed by atoms with van der Waals surface area (Å²) in [5, 5.41) is 3.00. The maximum Gasteiger partial charge on any atom is 0.220 e. The minimum Gasteiger partial charge on any atom is -0.491 e. The molecule has 0 spiro atoms. The van der Waals surface area contributed by atoms with Crippen molar-refractivity contribution in [3.8, 4) is 5.75 Å². The molecule has 0 aliphatic rings. The van der Waals surface area contributed by atoms with E-state index in [1.165, 1.54) is 0 Å². The largest absolute Gasteiger partial charge is 0.491 e. The van der Waals surface area contributed by atoms with Crippen LogP contribution in [0.15, 0.2) is 48.5 Å². The standard InChI is InChI=1S/C21H25N3O2/c1-4-20(25)22-16(3)21-23-17-10-6-7-11-18(17)24(21)13-14-26-19-12-8-5-9-15(19)2/h5-12,16H,4,13-14H2,1-3H3,(H,22,25). The fraction of sp³-hybridized carbons (Fsp3) is 0.333. The van der Waals surface area contributed by atoms with Crippen molar-refractivity contribution >= 4 is 16.9 Å². The van der Waals surface area contributed by atoms with E-state index in [9.17, 15) is 4.79 Å². The van der Waals surface area contributed by atoms with Gasteiger partial charge in [0.25, 0.3) is 0 Å². The van der Waals surface area contributed by atoms with E-state index in [0.29, 0.717) is 19.6 Å². The lowest BCUT2D eigenvalue weighted by Gasteiger charge is -2.16. The number of hydrogen-bond acceptors (Lipinski definition) is 3. The highest BCUT2D eigenvalue weighted by Crippen LogP contribution is 2.22. The number of benzene rings is 2. The van der Waals surface area contributed by atoms with E-state index in [2.05, 4.69) is 9.88 Å². The van der Waals surface area contributed by atoms with Crippen LogP contribution in [0.4, 0.5) is 0 Å². The number of rotatable bonds is 7. The maximum atomic E-state index is 11.8. The summed E-state index contributed by atoms with van der Waals surface area (Å²) < 4.78 is 8.09. The molecule has 3 aromatic rings. The Kier molecular flexibility index (Phi) is 5.56. The molecule has 5 nitrogen and oxygen atoms in total. The molecule has 0 fully saturated rings. The summed E-state index contributed by atoms with van der Waals surface area (Å²) in [4.78, 5) is 16.5. The van der Waals surface area contributed by atoms with Gasteiger partial charge in [0.2, 0.25) is 5.91 Å². The highest BCUT2D eigenvalue weighted by atomic mass is 16.5. The molecular formula is C21H25N3O2. The molecule has 0 saturated heterocycles. The van der Waals surface area contributed by atoms with Gasteiger partial charge in [-0.3, -0.25) is 4.79 Å². The number of carbonyl (C=O) groups excluding carboxylic acids is 1. The van der Waals surface area contributed by atoms with Gasteiger partial charge in [0.05, 0.1) is 23.6 Å². The van der Waals surface area contributed by atoms with Gasteiger partial charge in [0.1, 0.15) is 18.2 Å². The maximum absolute atomic E-state index is 11.8. The predicted octanol–water partition coefficient (Wildman–Crippen LogP) is 4.01. The number of ether oxygens (including phenoxy) is 1. The molecule has 3 rings (SSSR count). The topological polar surface area (TPSA) is 56.2 Å². The number of carbonyl (C=O) groups is 1. The van der Waals surface area contributed by atoms with Crippen LogP contribution in [0.5, 0.6) is 5.75 Å². The lowest BCUT2D eigenvalue weighted by Crippen LogP contribution is -2.28. The Morgan fingerprint density at radius 3 is 2.69 bits per heavy atom. The van der Waals surface area contributed by atoms with E-state index in [1.807, 2.05) is 69.3 Å². The molecule has 0 bridgehead atoms. The molecule has 0 radical (unpaired) electrons. The second-order valence-electron chi connectivity index (χ2n) is 6.37. The van der Waals surface area contributed by atoms with Crippen LogP contribution in [0.1, 0.15) is 37.7 Å². The van der Waals surface area contributed by atoms with E-state index in [-0.39, 0.29) is 11.9 Å². The molecule has 2 aromatic carbocycles. The molecule has 0 aliphatic heterocycles. The van der Waals surface area contributed by atoms with E-state index >= 15 is 0 Å². The van der Waals surface area contributed by atoms with Crippen molar-refractivity contribution in [3.05, 3.63) is 59.9 Å². The van der Waals surface area contributed by atoms with Gasteiger partial charge >= 0.3 is 0 Å². The van der Waals surface area contributed by atoms with E-state index in [4.69, 9.17) is 9.72 Å². The Bertz CT molecular complexity index is 901. The lowest BCUT2D eigenvalue weighted by molar-refractivity contribution is -0.121. The summed E-state index contributed by atoms with van der Waals surface area (Å²) in [5.74, 6) is 1.76. The molecule has 1 heterocycles. The van der Waals surface area contributed by atoms with Gasteiger partial charge in [-0.2, -0.15) is 0 Å². The molecule has 5 heteroatoms. The Morgan fingerprint density at radius 1 is 1.19 bits per heavy atom. The molecule has 0 saturated carbocycles. The first-order valence-electron chi connectivity index (χ1n) is 9.03. The molecule has 1 atom stereocenters. The third kappa shape index (κ3) is 3.87. The molecule has 0 aliphatic carbocycles. The van der Waals surface area contributed by atoms with Gasteiger partial charge in [0.15, 0.2) is 0 Å². The third-order valence-corrected chi connectivity index (χ3v) is 4.44. The van der Waals surface area contributed by atoms with Gasteiger partial charge in [-0.15, -0.1) is 0 Å². The van der Waals surface area contributed by atoms with Crippen LogP contribution in [-0.4, -0.2) is 22.1 Å². The van der Waals surface area contributed by atoms with Crippen LogP contribution in [0, 0.1) is 6.92 Å². The molecule has 26 heavy (non-hydrogen) atoms. The Morgan fingerprint density at radius 2 is 1.92 bits per heavy atom. The molecule has 1 aromatic heterocycles. The Hall–Kier alpha value is -2.82. The predicted molar refractivity (Wildman–Crippen MR) is 103 cm³/mol. The average molecular weight is 351 g/mol. The number of para-hydroxylation sites is 3. The number of aromatic nitrogens is 2. The van der Waals surface area contributed by atoms with Crippen molar-refractivity contribution in [1.29, 1.82) is 0 Å². The number of nitrogens with zero attached hydrogens (tertiary/aromatic N) is 2. The van der Waals surface area contributed by atoms with Crippen molar-refractivity contribution in [2.24, 2.45) is 0 Å². The molecule has 1 N–H and O–H groups in total. The van der Waals surface area contributed by atoms with Crippen LogP contribution in [-0.2, 0) is 11.3 Å². The van der Waals surface area contributed by atoms with Crippen LogP contribution < -0.4 is 10.1 Å². The second kappa shape index (κ2) is 8.04. The molecule has 1 amide bonds. The summed E-state index contributed by atoms with van der Waals surface area (Å²) in [6.07, 6.45) is 0.459. The van der Waals surface area contributed by atoms with E-state index < -0.39 is 0 Å². The minimum absolute atomic E-state index is 0.0206. The van der Waals surface area contributed by atoms with Crippen molar-refractivity contribution in [2.45, 2.75) is 39.8 Å². The zero-order valence-corrected chi connectivity index (χ0v) is 15.5. The number of amides is 1. The number of fused-ring (bicyclic) bond motifs is 1. The second-order valence-corrected chi connectivity index (χ2v) is 6.37. The fourth-order valence-electron chi connectivity index (χ4n) is 3.03. The Labute approximate surface area is 154 Å². The van der Waals surface area contributed by atoms with Crippen LogP contribution in [0.2, 0.25) is 0 Å². The minimum atomic E-state index is -0.159. The van der Waals surface area contributed by atoms with Crippen molar-refractivity contribution < 1.29 is 9.53 Å². The first-order chi connectivity index (χ1) is 12.6. The third-order valence-electron chi connectivity index (χ3n) is 4.44. The van der Waals surface area contributed by atoms with Crippen molar-refractivity contribution in [3.63, 3.8) is 0 Å². The normalized spacial score (nSPS) is 12.1. The van der Waals surface area contributed by atoms with E-state index in [1.54, 1.807) is 0 Å². The van der Waals surface area contributed by atoms with Gasteiger partial charge < -0.3 is 14.6 Å². The smallest absolute Gasteiger partial charge is 0.220 e. The fourth-order valence-corrected chi connectivity index (χ4v) is 3.03. The van der Waals surface area contributed by atoms with E-state index in [0.717, 1.165) is 28.2 Å². The zero-order chi connectivity index (χ0) is 18.5. The van der Waals surface area contributed by atoms with Gasteiger partial charge in [-0.1, -0.05) is 37.3 Å². The monoisotopic (exact) mass is 351 g/mol. The number of hydrogen-bond donors (Lipinski definition) is 1.